The van der Waals surface area contributed by atoms with Gasteiger partial charge in [-0.05, 0) is 25.7 Å². The number of nitrogens with zero attached hydrogens (tertiary/aromatic N) is 1. The zero-order valence-electron chi connectivity index (χ0n) is 9.04. The van der Waals surface area contributed by atoms with Gasteiger partial charge in [-0.15, -0.1) is 0 Å². The Hall–Kier alpha value is -0.990. The van der Waals surface area contributed by atoms with Gasteiger partial charge in [-0.25, -0.2) is 4.68 Å². The Bertz CT molecular complexity index is 394. The molecule has 0 unspecified atom stereocenters. The molecule has 0 amide bonds. The molecule has 2 saturated carbocycles. The van der Waals surface area contributed by atoms with Crippen LogP contribution in [-0.2, 0) is 0 Å². The second kappa shape index (κ2) is 3.54. The lowest BCUT2D eigenvalue weighted by molar-refractivity contribution is 0.393. The second-order valence-corrected chi connectivity index (χ2v) is 4.99. The Labute approximate surface area is 89.5 Å². The van der Waals surface area contributed by atoms with Gasteiger partial charge in [0.2, 0.25) is 0 Å². The SMILES string of the molecule is O=c1cc(C2CCC2)[nH]n1C1CCCC1. The molecule has 0 aromatic carbocycles. The highest BCUT2D eigenvalue weighted by atomic mass is 16.1. The number of aromatic nitrogens is 2. The Morgan fingerprint density at radius 2 is 1.87 bits per heavy atom. The molecule has 1 aromatic rings. The van der Waals surface area contributed by atoms with Gasteiger partial charge in [0.15, 0.2) is 0 Å². The lowest BCUT2D eigenvalue weighted by atomic mass is 9.83. The molecule has 0 aliphatic heterocycles. The molecule has 2 fully saturated rings. The maximum atomic E-state index is 11.8. The highest BCUT2D eigenvalue weighted by molar-refractivity contribution is 5.10. The molecule has 1 heterocycles. The average molecular weight is 206 g/mol. The van der Waals surface area contributed by atoms with Crippen LogP contribution < -0.4 is 5.56 Å². The van der Waals surface area contributed by atoms with Crippen molar-refractivity contribution in [2.24, 2.45) is 0 Å². The first-order valence-electron chi connectivity index (χ1n) is 6.16. The van der Waals surface area contributed by atoms with Crippen molar-refractivity contribution in [2.45, 2.75) is 56.9 Å². The molecular formula is C12H18N2O. The van der Waals surface area contributed by atoms with E-state index in [1.165, 1.54) is 50.6 Å². The molecule has 2 aliphatic carbocycles. The van der Waals surface area contributed by atoms with Gasteiger partial charge in [-0.3, -0.25) is 9.89 Å². The summed E-state index contributed by atoms with van der Waals surface area (Å²) in [5.74, 6) is 0.639. The Morgan fingerprint density at radius 3 is 2.47 bits per heavy atom. The third-order valence-corrected chi connectivity index (χ3v) is 4.00. The summed E-state index contributed by atoms with van der Waals surface area (Å²) in [7, 11) is 0. The highest BCUT2D eigenvalue weighted by Crippen LogP contribution is 2.35. The first-order chi connectivity index (χ1) is 7.34. The number of rotatable bonds is 2. The monoisotopic (exact) mass is 206 g/mol. The van der Waals surface area contributed by atoms with Crippen molar-refractivity contribution in [2.75, 3.05) is 0 Å². The molecule has 0 bridgehead atoms. The van der Waals surface area contributed by atoms with Crippen LogP contribution in [-0.4, -0.2) is 9.78 Å². The maximum absolute atomic E-state index is 11.8. The van der Waals surface area contributed by atoms with Crippen molar-refractivity contribution in [3.63, 3.8) is 0 Å². The average Bonchev–Trinajstić information content (AvgIpc) is 2.70. The molecule has 82 valence electrons. The van der Waals surface area contributed by atoms with E-state index >= 15 is 0 Å². The number of hydrogen-bond acceptors (Lipinski definition) is 1. The van der Waals surface area contributed by atoms with Crippen LogP contribution in [0.4, 0.5) is 0 Å². The molecule has 0 atom stereocenters. The van der Waals surface area contributed by atoms with E-state index in [0.29, 0.717) is 12.0 Å². The topological polar surface area (TPSA) is 37.8 Å². The minimum atomic E-state index is 0.184. The van der Waals surface area contributed by atoms with Crippen LogP contribution in [0.1, 0.15) is 62.6 Å². The Kier molecular flexibility index (Phi) is 2.19. The fourth-order valence-corrected chi connectivity index (χ4v) is 2.79. The van der Waals surface area contributed by atoms with Gasteiger partial charge in [0.05, 0.1) is 6.04 Å². The smallest absolute Gasteiger partial charge is 0.266 e. The van der Waals surface area contributed by atoms with E-state index in [0.717, 1.165) is 0 Å². The zero-order valence-corrected chi connectivity index (χ0v) is 9.04. The third kappa shape index (κ3) is 1.54. The van der Waals surface area contributed by atoms with E-state index in [9.17, 15) is 4.79 Å². The van der Waals surface area contributed by atoms with Crippen molar-refractivity contribution >= 4 is 0 Å². The van der Waals surface area contributed by atoms with Crippen LogP contribution >= 0.6 is 0 Å². The molecule has 0 saturated heterocycles. The van der Waals surface area contributed by atoms with Crippen molar-refractivity contribution in [3.8, 4) is 0 Å². The minimum Gasteiger partial charge on any atom is -0.299 e. The van der Waals surface area contributed by atoms with Gasteiger partial charge in [0, 0.05) is 17.7 Å². The third-order valence-electron chi connectivity index (χ3n) is 4.00. The summed E-state index contributed by atoms with van der Waals surface area (Å²) in [5.41, 5.74) is 1.36. The van der Waals surface area contributed by atoms with Gasteiger partial charge < -0.3 is 0 Å². The predicted octanol–water partition coefficient (Wildman–Crippen LogP) is 2.56. The van der Waals surface area contributed by atoms with Crippen LogP contribution in [0.5, 0.6) is 0 Å². The predicted molar refractivity (Wildman–Crippen MR) is 59.1 cm³/mol. The lowest BCUT2D eigenvalue weighted by Gasteiger charge is -2.24. The summed E-state index contributed by atoms with van der Waals surface area (Å²) in [6.45, 7) is 0. The summed E-state index contributed by atoms with van der Waals surface area (Å²) in [4.78, 5) is 11.8. The van der Waals surface area contributed by atoms with E-state index in [2.05, 4.69) is 5.10 Å². The first-order valence-corrected chi connectivity index (χ1v) is 6.16. The Morgan fingerprint density at radius 1 is 1.13 bits per heavy atom. The largest absolute Gasteiger partial charge is 0.299 e. The summed E-state index contributed by atoms with van der Waals surface area (Å²) in [5, 5.41) is 3.33. The number of hydrogen-bond donors (Lipinski definition) is 1. The van der Waals surface area contributed by atoms with Gasteiger partial charge in [0.1, 0.15) is 0 Å². The first kappa shape index (κ1) is 9.25. The van der Waals surface area contributed by atoms with Crippen molar-refractivity contribution in [3.05, 3.63) is 22.1 Å². The van der Waals surface area contributed by atoms with Gasteiger partial charge in [-0.2, -0.15) is 0 Å². The van der Waals surface area contributed by atoms with E-state index < -0.39 is 0 Å². The van der Waals surface area contributed by atoms with E-state index in [4.69, 9.17) is 0 Å². The molecule has 3 nitrogen and oxygen atoms in total. The molecule has 15 heavy (non-hydrogen) atoms. The fraction of sp³-hybridized carbons (Fsp3) is 0.750. The van der Waals surface area contributed by atoms with Crippen LogP contribution in [0.25, 0.3) is 0 Å². The molecule has 3 heteroatoms. The standard InChI is InChI=1S/C12H18N2O/c15-12-8-11(9-4-3-5-9)13-14(12)10-6-1-2-7-10/h8-10,13H,1-7H2. The Balaban J connectivity index is 1.87. The van der Waals surface area contributed by atoms with E-state index in [1.54, 1.807) is 0 Å². The molecule has 1 N–H and O–H groups in total. The molecular weight excluding hydrogens is 188 g/mol. The molecule has 3 rings (SSSR count). The summed E-state index contributed by atoms with van der Waals surface area (Å²) < 4.78 is 1.88. The van der Waals surface area contributed by atoms with Crippen LogP contribution in [0, 0.1) is 0 Å². The molecule has 0 spiro atoms. The van der Waals surface area contributed by atoms with Crippen molar-refractivity contribution in [1.82, 2.24) is 9.78 Å². The zero-order chi connectivity index (χ0) is 10.3. The molecule has 0 radical (unpaired) electrons. The summed E-state index contributed by atoms with van der Waals surface area (Å²) in [6.07, 6.45) is 8.72. The van der Waals surface area contributed by atoms with E-state index in [1.807, 2.05) is 10.7 Å². The number of nitrogens with one attached hydrogen (secondary N) is 1. The fourth-order valence-electron chi connectivity index (χ4n) is 2.79. The molecule has 2 aliphatic rings. The normalized spacial score (nSPS) is 23.2. The summed E-state index contributed by atoms with van der Waals surface area (Å²) >= 11 is 0. The maximum Gasteiger partial charge on any atom is 0.266 e. The number of aromatic amines is 1. The van der Waals surface area contributed by atoms with Crippen LogP contribution in [0.3, 0.4) is 0 Å². The van der Waals surface area contributed by atoms with E-state index in [-0.39, 0.29) is 5.56 Å². The summed E-state index contributed by atoms with van der Waals surface area (Å²) in [6, 6.07) is 2.27. The van der Waals surface area contributed by atoms with Gasteiger partial charge in [-0.1, -0.05) is 19.3 Å². The highest BCUT2D eigenvalue weighted by Gasteiger charge is 2.24. The van der Waals surface area contributed by atoms with Crippen molar-refractivity contribution in [1.29, 1.82) is 0 Å². The minimum absolute atomic E-state index is 0.184. The van der Waals surface area contributed by atoms with Crippen LogP contribution in [0.15, 0.2) is 10.9 Å². The second-order valence-electron chi connectivity index (χ2n) is 4.99. The van der Waals surface area contributed by atoms with Crippen LogP contribution in [0.2, 0.25) is 0 Å². The number of H-pyrrole nitrogens is 1. The molecule has 1 aromatic heterocycles. The van der Waals surface area contributed by atoms with Gasteiger partial charge in [0.25, 0.3) is 5.56 Å². The lowest BCUT2D eigenvalue weighted by Crippen LogP contribution is -2.20. The quantitative estimate of drug-likeness (QED) is 0.793. The van der Waals surface area contributed by atoms with Crippen molar-refractivity contribution < 1.29 is 0 Å². The van der Waals surface area contributed by atoms with Gasteiger partial charge >= 0.3 is 0 Å².